The van der Waals surface area contributed by atoms with Crippen LogP contribution in [0.2, 0.25) is 0 Å². The summed E-state index contributed by atoms with van der Waals surface area (Å²) in [4.78, 5) is 28.7. The summed E-state index contributed by atoms with van der Waals surface area (Å²) in [6, 6.07) is 18.0. The molecule has 0 radical (unpaired) electrons. The molecule has 0 spiro atoms. The fourth-order valence-corrected chi connectivity index (χ4v) is 2.50. The summed E-state index contributed by atoms with van der Waals surface area (Å²) >= 11 is 0. The van der Waals surface area contributed by atoms with Gasteiger partial charge in [0.15, 0.2) is 0 Å². The highest BCUT2D eigenvalue weighted by Crippen LogP contribution is 2.22. The van der Waals surface area contributed by atoms with Gasteiger partial charge in [-0.25, -0.2) is 4.98 Å². The molecule has 1 aromatic heterocycles. The second kappa shape index (κ2) is 9.01. The quantitative estimate of drug-likeness (QED) is 0.620. The fourth-order valence-electron chi connectivity index (χ4n) is 2.50. The third kappa shape index (κ3) is 5.42. The number of hydrogen-bond donors (Lipinski definition) is 2. The van der Waals surface area contributed by atoms with Gasteiger partial charge in [-0.05, 0) is 42.8 Å². The lowest BCUT2D eigenvalue weighted by Gasteiger charge is -2.13. The molecule has 0 fully saturated rings. The van der Waals surface area contributed by atoms with Crippen molar-refractivity contribution >= 4 is 23.2 Å². The molecule has 2 aromatic carbocycles. The number of para-hydroxylation sites is 1. The van der Waals surface area contributed by atoms with E-state index in [4.69, 9.17) is 4.74 Å². The Morgan fingerprint density at radius 2 is 1.72 bits per heavy atom. The molecule has 3 aromatic rings. The monoisotopic (exact) mass is 389 g/mol. The number of nitrogens with zero attached hydrogens (tertiary/aromatic N) is 1. The Hall–Kier alpha value is -3.67. The average Bonchev–Trinajstić information content (AvgIpc) is 2.71. The van der Waals surface area contributed by atoms with Crippen molar-refractivity contribution in [2.75, 3.05) is 10.6 Å². The lowest BCUT2D eigenvalue weighted by atomic mass is 10.1. The Morgan fingerprint density at radius 1 is 0.966 bits per heavy atom. The first-order valence-corrected chi connectivity index (χ1v) is 9.34. The SMILES string of the molecule is Cc1ccc(NC(=O)C(C)C)cc1NC(=O)c1ccc(Oc2ccccc2)nc1. The van der Waals surface area contributed by atoms with Crippen molar-refractivity contribution in [3.63, 3.8) is 0 Å². The molecule has 0 aliphatic heterocycles. The minimum Gasteiger partial charge on any atom is -0.439 e. The molecule has 0 saturated carbocycles. The molecular formula is C23H23N3O3. The Kier molecular flexibility index (Phi) is 6.24. The molecule has 2 amide bonds. The normalized spacial score (nSPS) is 10.5. The minimum atomic E-state index is -0.292. The van der Waals surface area contributed by atoms with Crippen LogP contribution in [0.15, 0.2) is 66.9 Å². The van der Waals surface area contributed by atoms with Crippen LogP contribution in [-0.2, 0) is 4.79 Å². The molecule has 29 heavy (non-hydrogen) atoms. The van der Waals surface area contributed by atoms with Crippen LogP contribution >= 0.6 is 0 Å². The van der Waals surface area contributed by atoms with Gasteiger partial charge in [-0.15, -0.1) is 0 Å². The van der Waals surface area contributed by atoms with Crippen molar-refractivity contribution < 1.29 is 14.3 Å². The molecule has 0 bridgehead atoms. The second-order valence-corrected chi connectivity index (χ2v) is 6.93. The van der Waals surface area contributed by atoms with Gasteiger partial charge in [0.25, 0.3) is 5.91 Å². The van der Waals surface area contributed by atoms with Crippen LogP contribution in [0.4, 0.5) is 11.4 Å². The lowest BCUT2D eigenvalue weighted by molar-refractivity contribution is -0.118. The largest absolute Gasteiger partial charge is 0.439 e. The van der Waals surface area contributed by atoms with E-state index in [0.29, 0.717) is 28.6 Å². The molecule has 148 valence electrons. The summed E-state index contributed by atoms with van der Waals surface area (Å²) in [5.74, 6) is 0.580. The zero-order chi connectivity index (χ0) is 20.8. The molecular weight excluding hydrogens is 366 g/mol. The van der Waals surface area contributed by atoms with Gasteiger partial charge < -0.3 is 15.4 Å². The highest BCUT2D eigenvalue weighted by atomic mass is 16.5. The van der Waals surface area contributed by atoms with Gasteiger partial charge in [0, 0.05) is 29.6 Å². The number of nitrogens with one attached hydrogen (secondary N) is 2. The van der Waals surface area contributed by atoms with Crippen molar-refractivity contribution in [2.24, 2.45) is 5.92 Å². The van der Waals surface area contributed by atoms with E-state index in [1.807, 2.05) is 63.2 Å². The summed E-state index contributed by atoms with van der Waals surface area (Å²) in [6.45, 7) is 5.54. The van der Waals surface area contributed by atoms with Crippen molar-refractivity contribution in [1.29, 1.82) is 0 Å². The molecule has 3 rings (SSSR count). The van der Waals surface area contributed by atoms with Gasteiger partial charge in [0.1, 0.15) is 5.75 Å². The van der Waals surface area contributed by atoms with Crippen LogP contribution in [0, 0.1) is 12.8 Å². The Morgan fingerprint density at radius 3 is 2.38 bits per heavy atom. The van der Waals surface area contributed by atoms with E-state index in [0.717, 1.165) is 5.56 Å². The molecule has 6 heteroatoms. The highest BCUT2D eigenvalue weighted by Gasteiger charge is 2.12. The molecule has 0 aliphatic carbocycles. The van der Waals surface area contributed by atoms with E-state index in [9.17, 15) is 9.59 Å². The van der Waals surface area contributed by atoms with E-state index in [2.05, 4.69) is 15.6 Å². The molecule has 0 aliphatic rings. The fraction of sp³-hybridized carbons (Fsp3) is 0.174. The summed E-state index contributed by atoms with van der Waals surface area (Å²) < 4.78 is 5.64. The summed E-state index contributed by atoms with van der Waals surface area (Å²) in [5.41, 5.74) is 2.55. The number of anilines is 2. The molecule has 6 nitrogen and oxygen atoms in total. The molecule has 0 unspecified atom stereocenters. The lowest BCUT2D eigenvalue weighted by Crippen LogP contribution is -2.18. The smallest absolute Gasteiger partial charge is 0.257 e. The maximum atomic E-state index is 12.6. The summed E-state index contributed by atoms with van der Waals surface area (Å²) in [5, 5.41) is 5.70. The van der Waals surface area contributed by atoms with Gasteiger partial charge in [-0.1, -0.05) is 38.1 Å². The number of hydrogen-bond acceptors (Lipinski definition) is 4. The van der Waals surface area contributed by atoms with Crippen LogP contribution in [0.25, 0.3) is 0 Å². The number of aromatic nitrogens is 1. The summed E-state index contributed by atoms with van der Waals surface area (Å²) in [6.07, 6.45) is 1.47. The first-order chi connectivity index (χ1) is 13.9. The molecule has 0 atom stereocenters. The van der Waals surface area contributed by atoms with Gasteiger partial charge in [-0.2, -0.15) is 0 Å². The first-order valence-electron chi connectivity index (χ1n) is 9.34. The topological polar surface area (TPSA) is 80.3 Å². The van der Waals surface area contributed by atoms with Crippen molar-refractivity contribution in [2.45, 2.75) is 20.8 Å². The van der Waals surface area contributed by atoms with Gasteiger partial charge in [0.05, 0.1) is 5.56 Å². The first kappa shape index (κ1) is 20.1. The van der Waals surface area contributed by atoms with E-state index < -0.39 is 0 Å². The summed E-state index contributed by atoms with van der Waals surface area (Å²) in [7, 11) is 0. The Labute approximate surface area is 169 Å². The van der Waals surface area contributed by atoms with Crippen LogP contribution in [0.1, 0.15) is 29.8 Å². The predicted molar refractivity (Wildman–Crippen MR) is 113 cm³/mol. The zero-order valence-electron chi connectivity index (χ0n) is 16.6. The van der Waals surface area contributed by atoms with E-state index in [-0.39, 0.29) is 17.7 Å². The number of carbonyl (C=O) groups is 2. The molecule has 1 heterocycles. The highest BCUT2D eigenvalue weighted by molar-refractivity contribution is 6.05. The van der Waals surface area contributed by atoms with Crippen LogP contribution in [0.3, 0.4) is 0 Å². The van der Waals surface area contributed by atoms with Crippen LogP contribution in [-0.4, -0.2) is 16.8 Å². The maximum Gasteiger partial charge on any atom is 0.257 e. The number of aryl methyl sites for hydroxylation is 1. The Bertz CT molecular complexity index is 1000. The third-order valence-corrected chi connectivity index (χ3v) is 4.24. The number of benzene rings is 2. The Balaban J connectivity index is 1.69. The van der Waals surface area contributed by atoms with Crippen LogP contribution < -0.4 is 15.4 Å². The van der Waals surface area contributed by atoms with E-state index >= 15 is 0 Å². The number of rotatable bonds is 6. The zero-order valence-corrected chi connectivity index (χ0v) is 16.6. The number of amides is 2. The van der Waals surface area contributed by atoms with E-state index in [1.165, 1.54) is 6.20 Å². The third-order valence-electron chi connectivity index (χ3n) is 4.24. The average molecular weight is 389 g/mol. The predicted octanol–water partition coefficient (Wildman–Crippen LogP) is 5.03. The molecule has 0 saturated heterocycles. The second-order valence-electron chi connectivity index (χ2n) is 6.93. The van der Waals surface area contributed by atoms with Gasteiger partial charge in [0.2, 0.25) is 11.8 Å². The van der Waals surface area contributed by atoms with E-state index in [1.54, 1.807) is 18.2 Å². The van der Waals surface area contributed by atoms with Crippen LogP contribution in [0.5, 0.6) is 11.6 Å². The number of pyridine rings is 1. The minimum absolute atomic E-state index is 0.0793. The van der Waals surface area contributed by atoms with Crippen molar-refractivity contribution in [1.82, 2.24) is 4.98 Å². The maximum absolute atomic E-state index is 12.6. The standard InChI is InChI=1S/C23H23N3O3/c1-15(2)22(27)25-18-11-9-16(3)20(13-18)26-23(28)17-10-12-21(24-14-17)29-19-7-5-4-6-8-19/h4-15H,1-3H3,(H,25,27)(H,26,28). The van der Waals surface area contributed by atoms with Gasteiger partial charge in [-0.3, -0.25) is 9.59 Å². The number of ether oxygens (including phenoxy) is 1. The van der Waals surface area contributed by atoms with Crippen molar-refractivity contribution in [3.05, 3.63) is 78.0 Å². The van der Waals surface area contributed by atoms with Crippen molar-refractivity contribution in [3.8, 4) is 11.6 Å². The number of carbonyl (C=O) groups excluding carboxylic acids is 2. The molecule has 2 N–H and O–H groups in total. The van der Waals surface area contributed by atoms with Gasteiger partial charge >= 0.3 is 0 Å².